The lowest BCUT2D eigenvalue weighted by Crippen LogP contribution is -2.38. The summed E-state index contributed by atoms with van der Waals surface area (Å²) >= 11 is 1.29. The fraction of sp³-hybridized carbons (Fsp3) is 0.643. The number of hydrogen-bond acceptors (Lipinski definition) is 6. The number of anilines is 1. The zero-order chi connectivity index (χ0) is 14.9. The number of Topliss-reactive ketones (excluding diaryl/α,β-unsaturated/α-hetero) is 1. The maximum Gasteiger partial charge on any atom is 0.358 e. The molecule has 1 aliphatic heterocycles. The quantitative estimate of drug-likeness (QED) is 0.631. The van der Waals surface area contributed by atoms with Gasteiger partial charge in [0.15, 0.2) is 16.6 Å². The molecule has 0 atom stereocenters. The maximum absolute atomic E-state index is 11.9. The summed E-state index contributed by atoms with van der Waals surface area (Å²) in [5, 5.41) is 0.737. The van der Waals surface area contributed by atoms with Crippen molar-refractivity contribution in [3.05, 3.63) is 10.6 Å². The van der Waals surface area contributed by atoms with Crippen molar-refractivity contribution in [1.29, 1.82) is 0 Å². The predicted octanol–water partition coefficient (Wildman–Crippen LogP) is 2.90. The highest BCUT2D eigenvalue weighted by atomic mass is 32.1. The van der Waals surface area contributed by atoms with Crippen LogP contribution in [0.25, 0.3) is 0 Å². The Hall–Kier alpha value is -1.43. The van der Waals surface area contributed by atoms with Crippen molar-refractivity contribution < 1.29 is 14.3 Å². The lowest BCUT2D eigenvalue weighted by atomic mass is 10.0. The first-order chi connectivity index (χ1) is 9.36. The van der Waals surface area contributed by atoms with Gasteiger partial charge in [0, 0.05) is 19.0 Å². The summed E-state index contributed by atoms with van der Waals surface area (Å²) in [6.07, 6.45) is 2.17. The lowest BCUT2D eigenvalue weighted by Gasteiger charge is -2.31. The topological polar surface area (TPSA) is 59.5 Å². The molecule has 0 spiro atoms. The van der Waals surface area contributed by atoms with Gasteiger partial charge in [-0.1, -0.05) is 11.3 Å². The number of thiazole rings is 1. The molecule has 1 saturated heterocycles. The van der Waals surface area contributed by atoms with Crippen LogP contribution in [0.3, 0.4) is 0 Å². The molecule has 1 aromatic heterocycles. The zero-order valence-electron chi connectivity index (χ0n) is 12.4. The molecule has 2 rings (SSSR count). The molecule has 5 nitrogen and oxygen atoms in total. The van der Waals surface area contributed by atoms with Gasteiger partial charge in [-0.05, 0) is 33.6 Å². The number of ketones is 1. The van der Waals surface area contributed by atoms with Gasteiger partial charge in [-0.2, -0.15) is 0 Å². The third kappa shape index (κ3) is 2.70. The van der Waals surface area contributed by atoms with E-state index in [0.29, 0.717) is 4.88 Å². The molecule has 110 valence electrons. The maximum atomic E-state index is 11.9. The van der Waals surface area contributed by atoms with Crippen molar-refractivity contribution >= 4 is 28.2 Å². The summed E-state index contributed by atoms with van der Waals surface area (Å²) < 4.78 is 4.98. The second-order valence-electron chi connectivity index (χ2n) is 5.52. The van der Waals surface area contributed by atoms with Gasteiger partial charge in [-0.15, -0.1) is 0 Å². The monoisotopic (exact) mass is 296 g/mol. The van der Waals surface area contributed by atoms with E-state index in [9.17, 15) is 9.59 Å². The van der Waals surface area contributed by atoms with E-state index in [1.165, 1.54) is 18.3 Å². The predicted molar refractivity (Wildman–Crippen MR) is 78.7 cm³/mol. The molecule has 20 heavy (non-hydrogen) atoms. The molecule has 0 aliphatic carbocycles. The third-order valence-corrected chi connectivity index (χ3v) is 4.72. The van der Waals surface area contributed by atoms with E-state index in [2.05, 4.69) is 23.7 Å². The SMILES string of the molecule is CCOC(=O)c1nc(N2CCCC2(C)C)sc1C(C)=O. The first-order valence-electron chi connectivity index (χ1n) is 6.83. The fourth-order valence-corrected chi connectivity index (χ4v) is 3.60. The molecule has 0 N–H and O–H groups in total. The number of nitrogens with zero attached hydrogens (tertiary/aromatic N) is 2. The van der Waals surface area contributed by atoms with Crippen LogP contribution >= 0.6 is 11.3 Å². The molecule has 0 unspecified atom stereocenters. The van der Waals surface area contributed by atoms with Gasteiger partial charge in [0.25, 0.3) is 0 Å². The molecule has 1 fully saturated rings. The van der Waals surface area contributed by atoms with Crippen molar-refractivity contribution in [2.45, 2.75) is 46.1 Å². The van der Waals surface area contributed by atoms with Crippen LogP contribution in [-0.4, -0.2) is 35.4 Å². The summed E-state index contributed by atoms with van der Waals surface area (Å²) in [7, 11) is 0. The highest BCUT2D eigenvalue weighted by molar-refractivity contribution is 7.17. The average Bonchev–Trinajstić information content (AvgIpc) is 2.92. The standard InChI is InChI=1S/C14H20N2O3S/c1-5-19-12(18)10-11(9(2)17)20-13(15-10)16-8-6-7-14(16,3)4/h5-8H2,1-4H3. The van der Waals surface area contributed by atoms with Crippen molar-refractivity contribution in [3.8, 4) is 0 Å². The third-order valence-electron chi connectivity index (χ3n) is 3.54. The normalized spacial score (nSPS) is 17.3. The lowest BCUT2D eigenvalue weighted by molar-refractivity contribution is 0.0517. The minimum absolute atomic E-state index is 0.0117. The van der Waals surface area contributed by atoms with Crippen LogP contribution in [0.5, 0.6) is 0 Å². The van der Waals surface area contributed by atoms with Crippen LogP contribution in [0.1, 0.15) is 60.7 Å². The molecule has 0 bridgehead atoms. The Morgan fingerprint density at radius 3 is 2.65 bits per heavy atom. The van der Waals surface area contributed by atoms with E-state index in [0.717, 1.165) is 24.5 Å². The number of ether oxygens (including phenoxy) is 1. The second-order valence-corrected chi connectivity index (χ2v) is 6.50. The van der Waals surface area contributed by atoms with E-state index >= 15 is 0 Å². The minimum Gasteiger partial charge on any atom is -0.461 e. The van der Waals surface area contributed by atoms with Gasteiger partial charge < -0.3 is 9.64 Å². The van der Waals surface area contributed by atoms with Crippen molar-refractivity contribution in [2.75, 3.05) is 18.1 Å². The van der Waals surface area contributed by atoms with E-state index in [1.54, 1.807) is 6.92 Å². The highest BCUT2D eigenvalue weighted by Gasteiger charge is 2.35. The summed E-state index contributed by atoms with van der Waals surface area (Å²) in [4.78, 5) is 30.6. The summed E-state index contributed by atoms with van der Waals surface area (Å²) in [5.41, 5.74) is 0.166. The highest BCUT2D eigenvalue weighted by Crippen LogP contribution is 2.37. The second kappa shape index (κ2) is 5.52. The average molecular weight is 296 g/mol. The van der Waals surface area contributed by atoms with Gasteiger partial charge in [-0.3, -0.25) is 4.79 Å². The molecule has 2 heterocycles. The fourth-order valence-electron chi connectivity index (χ4n) is 2.46. The molecule has 0 amide bonds. The van der Waals surface area contributed by atoms with Gasteiger partial charge >= 0.3 is 5.97 Å². The van der Waals surface area contributed by atoms with Crippen LogP contribution in [-0.2, 0) is 4.74 Å². The molecule has 6 heteroatoms. The van der Waals surface area contributed by atoms with Gasteiger partial charge in [0.1, 0.15) is 4.88 Å². The number of hydrogen-bond donors (Lipinski definition) is 0. The minimum atomic E-state index is -0.516. The Morgan fingerprint density at radius 2 is 2.15 bits per heavy atom. The summed E-state index contributed by atoms with van der Waals surface area (Å²) in [6, 6.07) is 0. The molecule has 1 aromatic rings. The van der Waals surface area contributed by atoms with Gasteiger partial charge in [0.05, 0.1) is 6.61 Å². The summed E-state index contributed by atoms with van der Waals surface area (Å²) in [5.74, 6) is -0.661. The van der Waals surface area contributed by atoms with E-state index in [-0.39, 0.29) is 23.6 Å². The number of rotatable bonds is 4. The number of esters is 1. The van der Waals surface area contributed by atoms with E-state index < -0.39 is 5.97 Å². The van der Waals surface area contributed by atoms with Crippen molar-refractivity contribution in [3.63, 3.8) is 0 Å². The summed E-state index contributed by atoms with van der Waals surface area (Å²) in [6.45, 7) is 8.67. The number of carbonyl (C=O) groups excluding carboxylic acids is 2. The Balaban J connectivity index is 2.39. The van der Waals surface area contributed by atoms with E-state index in [4.69, 9.17) is 4.74 Å². The van der Waals surface area contributed by atoms with Crippen LogP contribution in [0.4, 0.5) is 5.13 Å². The molecular formula is C14H20N2O3S. The Kier molecular flexibility index (Phi) is 4.13. The van der Waals surface area contributed by atoms with Gasteiger partial charge in [-0.25, -0.2) is 9.78 Å². The molecule has 1 aliphatic rings. The van der Waals surface area contributed by atoms with Crippen LogP contribution < -0.4 is 4.90 Å². The molecular weight excluding hydrogens is 276 g/mol. The Morgan fingerprint density at radius 1 is 1.45 bits per heavy atom. The Labute approximate surface area is 122 Å². The molecule has 0 aromatic carbocycles. The zero-order valence-corrected chi connectivity index (χ0v) is 13.2. The molecule has 0 saturated carbocycles. The van der Waals surface area contributed by atoms with Gasteiger partial charge in [0.2, 0.25) is 0 Å². The first-order valence-corrected chi connectivity index (χ1v) is 7.65. The smallest absolute Gasteiger partial charge is 0.358 e. The molecule has 0 radical (unpaired) electrons. The van der Waals surface area contributed by atoms with E-state index in [1.807, 2.05) is 0 Å². The first kappa shape index (κ1) is 15.0. The van der Waals surface area contributed by atoms with Crippen LogP contribution in [0.15, 0.2) is 0 Å². The number of aromatic nitrogens is 1. The van der Waals surface area contributed by atoms with Crippen LogP contribution in [0.2, 0.25) is 0 Å². The van der Waals surface area contributed by atoms with Crippen molar-refractivity contribution in [2.24, 2.45) is 0 Å². The Bertz CT molecular complexity index is 537. The van der Waals surface area contributed by atoms with Crippen molar-refractivity contribution in [1.82, 2.24) is 4.98 Å². The largest absolute Gasteiger partial charge is 0.461 e. The van der Waals surface area contributed by atoms with Crippen LogP contribution in [0, 0.1) is 0 Å². The number of carbonyl (C=O) groups is 2.